The average molecular weight is 602 g/mol. The molecule has 1 heterocycles. The number of halogens is 1. The van der Waals surface area contributed by atoms with Gasteiger partial charge >= 0.3 is 0 Å². The van der Waals surface area contributed by atoms with E-state index >= 15 is 4.39 Å². The molecule has 0 radical (unpaired) electrons. The van der Waals surface area contributed by atoms with E-state index in [2.05, 4.69) is 49.1 Å². The zero-order chi connectivity index (χ0) is 32.0. The van der Waals surface area contributed by atoms with Gasteiger partial charge in [-0.2, -0.15) is 0 Å². The van der Waals surface area contributed by atoms with Crippen LogP contribution in [-0.2, 0) is 11.1 Å². The minimum atomic E-state index is -1.48. The van der Waals surface area contributed by atoms with Gasteiger partial charge in [0.15, 0.2) is 11.6 Å². The van der Waals surface area contributed by atoms with E-state index in [9.17, 15) is 9.59 Å². The summed E-state index contributed by atoms with van der Waals surface area (Å²) in [6.07, 6.45) is 1.72. The van der Waals surface area contributed by atoms with Crippen molar-refractivity contribution in [1.29, 1.82) is 0 Å². The van der Waals surface area contributed by atoms with Gasteiger partial charge in [-0.05, 0) is 112 Å². The molecule has 6 aromatic carbocycles. The first-order valence-corrected chi connectivity index (χ1v) is 15.6. The molecule has 1 aliphatic heterocycles. The third kappa shape index (κ3) is 4.17. The van der Waals surface area contributed by atoms with Crippen LogP contribution in [0.4, 0.5) is 21.5 Å². The maximum atomic E-state index is 15.3. The SMILES string of the molecule is CC(C)(F)c1ccc2c(c1)C(C)(C)c1c(ccc3cc(C=C4C(=O)c5cc6ccccc6cc5C4=O)ccc13)N2c1ccccc1. The number of benzene rings is 6. The molecule has 0 saturated heterocycles. The molecule has 8 rings (SSSR count). The van der Waals surface area contributed by atoms with Crippen LogP contribution in [0.25, 0.3) is 27.6 Å². The van der Waals surface area contributed by atoms with Crippen molar-refractivity contribution in [3.05, 3.63) is 154 Å². The zero-order valence-electron chi connectivity index (χ0n) is 26.2. The Morgan fingerprint density at radius 2 is 1.30 bits per heavy atom. The predicted octanol–water partition coefficient (Wildman–Crippen LogP) is 10.8. The molecule has 2 aliphatic rings. The van der Waals surface area contributed by atoms with Crippen molar-refractivity contribution in [3.8, 4) is 0 Å². The topological polar surface area (TPSA) is 37.4 Å². The average Bonchev–Trinajstić information content (AvgIpc) is 3.27. The van der Waals surface area contributed by atoms with E-state index in [0.29, 0.717) is 16.7 Å². The Labute approximate surface area is 267 Å². The van der Waals surface area contributed by atoms with Gasteiger partial charge in [0.05, 0.1) is 16.9 Å². The fourth-order valence-corrected chi connectivity index (χ4v) is 7.30. The number of alkyl halides is 1. The number of Topliss-reactive ketones (excluding diaryl/α,β-unsaturated/α-hetero) is 2. The number of rotatable bonds is 3. The highest BCUT2D eigenvalue weighted by Crippen LogP contribution is 2.54. The second-order valence-corrected chi connectivity index (χ2v) is 13.4. The molecule has 0 N–H and O–H groups in total. The lowest BCUT2D eigenvalue weighted by atomic mass is 9.71. The normalized spacial score (nSPS) is 15.2. The van der Waals surface area contributed by atoms with Crippen molar-refractivity contribution in [2.75, 3.05) is 4.90 Å². The molecule has 0 atom stereocenters. The molecule has 46 heavy (non-hydrogen) atoms. The summed E-state index contributed by atoms with van der Waals surface area (Å²) in [6, 6.07) is 38.0. The molecule has 0 bridgehead atoms. The van der Waals surface area contributed by atoms with Gasteiger partial charge in [0, 0.05) is 22.2 Å². The second-order valence-electron chi connectivity index (χ2n) is 13.4. The molecule has 6 aromatic rings. The number of fused-ring (bicyclic) bond motifs is 6. The summed E-state index contributed by atoms with van der Waals surface area (Å²) < 4.78 is 15.3. The second kappa shape index (κ2) is 9.82. The van der Waals surface area contributed by atoms with Crippen LogP contribution in [0.5, 0.6) is 0 Å². The minimum absolute atomic E-state index is 0.188. The van der Waals surface area contributed by atoms with E-state index in [1.165, 1.54) is 0 Å². The number of carbonyl (C=O) groups excluding carboxylic acids is 2. The van der Waals surface area contributed by atoms with E-state index in [1.54, 1.807) is 19.9 Å². The summed E-state index contributed by atoms with van der Waals surface area (Å²) in [4.78, 5) is 29.2. The van der Waals surface area contributed by atoms with Crippen molar-refractivity contribution in [1.82, 2.24) is 0 Å². The Morgan fingerprint density at radius 1 is 0.674 bits per heavy atom. The molecule has 0 spiro atoms. The number of nitrogens with zero attached hydrogens (tertiary/aromatic N) is 1. The highest BCUT2D eigenvalue weighted by atomic mass is 19.1. The standard InChI is InChI=1S/C42H32FNO2/c1-41(2)35-24-29(42(3,4)43)16-19-36(35)44(30-12-6-5-7-13-30)37-18-15-28-20-25(14-17-31(28)38(37)41)21-34-39(45)32-22-26-10-8-9-11-27(26)23-33(32)40(34)46/h5-24H,1-4H3. The van der Waals surface area contributed by atoms with Crippen LogP contribution in [0.2, 0.25) is 0 Å². The molecular formula is C42H32FNO2. The smallest absolute Gasteiger partial charge is 0.197 e. The first-order valence-electron chi connectivity index (χ1n) is 15.6. The number of para-hydroxylation sites is 1. The monoisotopic (exact) mass is 601 g/mol. The van der Waals surface area contributed by atoms with Crippen molar-refractivity contribution in [3.63, 3.8) is 0 Å². The Balaban J connectivity index is 1.28. The van der Waals surface area contributed by atoms with Crippen LogP contribution in [0.1, 0.15) is 70.7 Å². The van der Waals surface area contributed by atoms with E-state index < -0.39 is 11.1 Å². The third-order valence-electron chi connectivity index (χ3n) is 9.67. The van der Waals surface area contributed by atoms with Gasteiger partial charge < -0.3 is 4.90 Å². The maximum Gasteiger partial charge on any atom is 0.197 e. The lowest BCUT2D eigenvalue weighted by Gasteiger charge is -2.43. The first kappa shape index (κ1) is 28.1. The van der Waals surface area contributed by atoms with Gasteiger partial charge in [-0.25, -0.2) is 4.39 Å². The van der Waals surface area contributed by atoms with E-state index in [-0.39, 0.29) is 17.1 Å². The summed E-state index contributed by atoms with van der Waals surface area (Å²) in [5.41, 5.74) is 5.93. The van der Waals surface area contributed by atoms with Gasteiger partial charge in [-0.1, -0.05) is 80.6 Å². The van der Waals surface area contributed by atoms with Crippen LogP contribution in [0.15, 0.2) is 121 Å². The van der Waals surface area contributed by atoms with Crippen LogP contribution < -0.4 is 4.90 Å². The Kier molecular flexibility index (Phi) is 6.01. The van der Waals surface area contributed by atoms with E-state index in [4.69, 9.17) is 0 Å². The van der Waals surface area contributed by atoms with Crippen LogP contribution in [0.3, 0.4) is 0 Å². The molecule has 4 heteroatoms. The molecule has 3 nitrogen and oxygen atoms in total. The summed E-state index contributed by atoms with van der Waals surface area (Å²) in [7, 11) is 0. The lowest BCUT2D eigenvalue weighted by molar-refractivity contribution is 0.0990. The first-order chi connectivity index (χ1) is 22.0. The largest absolute Gasteiger partial charge is 0.310 e. The Morgan fingerprint density at radius 3 is 1.96 bits per heavy atom. The number of ketones is 2. The van der Waals surface area contributed by atoms with E-state index in [1.807, 2.05) is 84.9 Å². The summed E-state index contributed by atoms with van der Waals surface area (Å²) >= 11 is 0. The van der Waals surface area contributed by atoms with Crippen LogP contribution >= 0.6 is 0 Å². The quantitative estimate of drug-likeness (QED) is 0.150. The molecule has 0 amide bonds. The van der Waals surface area contributed by atoms with E-state index in [0.717, 1.165) is 55.3 Å². The summed E-state index contributed by atoms with van der Waals surface area (Å²) in [6.45, 7) is 7.60. The molecule has 0 unspecified atom stereocenters. The molecule has 224 valence electrons. The van der Waals surface area contributed by atoms with Crippen molar-refractivity contribution >= 4 is 56.2 Å². The van der Waals surface area contributed by atoms with Gasteiger partial charge in [0.2, 0.25) is 0 Å². The lowest BCUT2D eigenvalue weighted by Crippen LogP contribution is -2.31. The molecule has 0 fully saturated rings. The molecular weight excluding hydrogens is 569 g/mol. The fourth-order valence-electron chi connectivity index (χ4n) is 7.30. The summed E-state index contributed by atoms with van der Waals surface area (Å²) in [5, 5.41) is 3.95. The highest BCUT2D eigenvalue weighted by molar-refractivity contribution is 6.42. The van der Waals surface area contributed by atoms with Crippen molar-refractivity contribution in [2.24, 2.45) is 0 Å². The number of hydrogen-bond acceptors (Lipinski definition) is 3. The summed E-state index contributed by atoms with van der Waals surface area (Å²) in [5.74, 6) is -0.474. The third-order valence-corrected chi connectivity index (χ3v) is 9.67. The molecule has 0 saturated carbocycles. The zero-order valence-corrected chi connectivity index (χ0v) is 26.2. The number of allylic oxidation sites excluding steroid dienone is 1. The number of hydrogen-bond donors (Lipinski definition) is 0. The van der Waals surface area contributed by atoms with Gasteiger partial charge in [-0.15, -0.1) is 0 Å². The fraction of sp³-hybridized carbons (Fsp3) is 0.143. The van der Waals surface area contributed by atoms with Crippen LogP contribution in [-0.4, -0.2) is 11.6 Å². The minimum Gasteiger partial charge on any atom is -0.310 e. The van der Waals surface area contributed by atoms with Crippen molar-refractivity contribution in [2.45, 2.75) is 38.8 Å². The highest BCUT2D eigenvalue weighted by Gasteiger charge is 2.39. The predicted molar refractivity (Wildman–Crippen MR) is 185 cm³/mol. The van der Waals surface area contributed by atoms with Gasteiger partial charge in [0.25, 0.3) is 0 Å². The molecule has 0 aromatic heterocycles. The Bertz CT molecular complexity index is 2250. The van der Waals surface area contributed by atoms with Gasteiger partial charge in [-0.3, -0.25) is 9.59 Å². The maximum absolute atomic E-state index is 15.3. The number of carbonyl (C=O) groups is 2. The van der Waals surface area contributed by atoms with Crippen molar-refractivity contribution < 1.29 is 14.0 Å². The van der Waals surface area contributed by atoms with Crippen LogP contribution in [0, 0.1) is 0 Å². The Hall–Kier alpha value is -5.35. The van der Waals surface area contributed by atoms with Gasteiger partial charge in [0.1, 0.15) is 5.67 Å². The molecule has 1 aliphatic carbocycles. The number of anilines is 3.